The third-order valence-electron chi connectivity index (χ3n) is 5.23. The third kappa shape index (κ3) is 1.36. The van der Waals surface area contributed by atoms with Crippen molar-refractivity contribution in [3.63, 3.8) is 0 Å². The number of alkyl halides is 2. The SMILES string of the molecule is CCOC(=O)C(NC(=O)OC)C1CC23CC2(C1)C3(F)F. The summed E-state index contributed by atoms with van der Waals surface area (Å²) < 4.78 is 36.5. The van der Waals surface area contributed by atoms with E-state index in [1.54, 1.807) is 6.92 Å². The highest BCUT2D eigenvalue weighted by molar-refractivity contribution is 5.82. The van der Waals surface area contributed by atoms with E-state index in [0.29, 0.717) is 6.42 Å². The van der Waals surface area contributed by atoms with E-state index in [0.717, 1.165) is 0 Å². The van der Waals surface area contributed by atoms with Crippen molar-refractivity contribution in [3.05, 3.63) is 0 Å². The molecule has 0 saturated heterocycles. The van der Waals surface area contributed by atoms with Crippen molar-refractivity contribution in [3.8, 4) is 0 Å². The summed E-state index contributed by atoms with van der Waals surface area (Å²) in [6.45, 7) is 1.83. The summed E-state index contributed by atoms with van der Waals surface area (Å²) in [5.74, 6) is -3.47. The molecule has 0 heterocycles. The topological polar surface area (TPSA) is 64.6 Å². The van der Waals surface area contributed by atoms with Crippen LogP contribution in [0.5, 0.6) is 0 Å². The van der Waals surface area contributed by atoms with Gasteiger partial charge in [-0.2, -0.15) is 0 Å². The summed E-state index contributed by atoms with van der Waals surface area (Å²) in [6.07, 6.45) is 0.303. The fraction of sp³-hybridized carbons (Fsp3) is 0.846. The zero-order valence-corrected chi connectivity index (χ0v) is 11.4. The Balaban J connectivity index is 1.69. The fourth-order valence-electron chi connectivity index (χ4n) is 4.11. The Labute approximate surface area is 115 Å². The summed E-state index contributed by atoms with van der Waals surface area (Å²) in [4.78, 5) is 23.2. The number of hydrogen-bond donors (Lipinski definition) is 1. The molecule has 3 aliphatic rings. The van der Waals surface area contributed by atoms with Crippen molar-refractivity contribution in [1.29, 1.82) is 0 Å². The van der Waals surface area contributed by atoms with Crippen molar-refractivity contribution in [2.24, 2.45) is 16.7 Å². The number of esters is 1. The Morgan fingerprint density at radius 3 is 2.40 bits per heavy atom. The number of rotatable bonds is 4. The van der Waals surface area contributed by atoms with Gasteiger partial charge < -0.3 is 14.8 Å². The van der Waals surface area contributed by atoms with E-state index in [-0.39, 0.29) is 25.4 Å². The summed E-state index contributed by atoms with van der Waals surface area (Å²) in [7, 11) is 1.19. The van der Waals surface area contributed by atoms with Crippen molar-refractivity contribution < 1.29 is 27.8 Å². The highest BCUT2D eigenvalue weighted by atomic mass is 19.3. The first kappa shape index (κ1) is 13.6. The Hall–Kier alpha value is -1.40. The molecular formula is C13H17F2NO4. The number of ether oxygens (including phenoxy) is 2. The first-order chi connectivity index (χ1) is 9.35. The average Bonchev–Trinajstić information content (AvgIpc) is 3.08. The maximum absolute atomic E-state index is 13.6. The molecule has 112 valence electrons. The van der Waals surface area contributed by atoms with Gasteiger partial charge in [0.2, 0.25) is 0 Å². The minimum absolute atomic E-state index is 0.178. The van der Waals surface area contributed by atoms with Gasteiger partial charge in [-0.25, -0.2) is 18.4 Å². The van der Waals surface area contributed by atoms with Crippen LogP contribution in [0.2, 0.25) is 0 Å². The van der Waals surface area contributed by atoms with Crippen LogP contribution in [0, 0.1) is 16.7 Å². The number of alkyl carbamates (subject to hydrolysis) is 1. The van der Waals surface area contributed by atoms with E-state index >= 15 is 0 Å². The number of amides is 1. The fourth-order valence-corrected chi connectivity index (χ4v) is 4.11. The van der Waals surface area contributed by atoms with E-state index in [2.05, 4.69) is 10.1 Å². The molecule has 3 rings (SSSR count). The monoisotopic (exact) mass is 289 g/mol. The molecule has 3 saturated carbocycles. The molecule has 0 aromatic rings. The van der Waals surface area contributed by atoms with Gasteiger partial charge in [-0.15, -0.1) is 0 Å². The average molecular weight is 289 g/mol. The number of nitrogens with one attached hydrogen (secondary N) is 1. The van der Waals surface area contributed by atoms with E-state index in [1.165, 1.54) is 7.11 Å². The molecular weight excluding hydrogens is 272 g/mol. The molecule has 0 bridgehead atoms. The Morgan fingerprint density at radius 1 is 1.35 bits per heavy atom. The normalized spacial score (nSPS) is 40.1. The predicted octanol–water partition coefficient (Wildman–Crippen LogP) is 1.71. The molecule has 0 aromatic heterocycles. The standard InChI is InChI=1S/C13H17F2NO4/c1-3-20-9(17)8(16-10(18)19-2)7-4-11-6-12(11,5-7)13(11,14)15/h7-8H,3-6H2,1-2H3,(H,16,18). The smallest absolute Gasteiger partial charge is 0.407 e. The molecule has 0 spiro atoms. The van der Waals surface area contributed by atoms with E-state index in [1.807, 2.05) is 0 Å². The molecule has 3 fully saturated rings. The van der Waals surface area contributed by atoms with Crippen LogP contribution in [-0.4, -0.2) is 37.7 Å². The van der Waals surface area contributed by atoms with E-state index in [9.17, 15) is 18.4 Å². The van der Waals surface area contributed by atoms with Crippen LogP contribution in [0.15, 0.2) is 0 Å². The lowest BCUT2D eigenvalue weighted by Gasteiger charge is -2.30. The van der Waals surface area contributed by atoms with Crippen molar-refractivity contribution in [2.45, 2.75) is 38.2 Å². The van der Waals surface area contributed by atoms with Crippen LogP contribution in [0.4, 0.5) is 13.6 Å². The van der Waals surface area contributed by atoms with Gasteiger partial charge in [0, 0.05) is 10.8 Å². The lowest BCUT2D eigenvalue weighted by Crippen LogP contribution is -2.48. The van der Waals surface area contributed by atoms with Crippen LogP contribution in [-0.2, 0) is 14.3 Å². The molecule has 5 nitrogen and oxygen atoms in total. The molecule has 0 radical (unpaired) electrons. The van der Waals surface area contributed by atoms with Crippen LogP contribution < -0.4 is 5.32 Å². The second kappa shape index (κ2) is 3.83. The first-order valence-electron chi connectivity index (χ1n) is 6.74. The maximum atomic E-state index is 13.6. The van der Waals surface area contributed by atoms with Crippen LogP contribution >= 0.6 is 0 Å². The molecule has 1 amide bonds. The minimum atomic E-state index is -2.58. The first-order valence-corrected chi connectivity index (χ1v) is 6.74. The number of methoxy groups -OCH3 is 1. The van der Waals surface area contributed by atoms with Gasteiger partial charge in [0.25, 0.3) is 5.92 Å². The van der Waals surface area contributed by atoms with Gasteiger partial charge in [-0.3, -0.25) is 0 Å². The zero-order valence-electron chi connectivity index (χ0n) is 11.4. The molecule has 3 atom stereocenters. The van der Waals surface area contributed by atoms with Gasteiger partial charge in [0.1, 0.15) is 6.04 Å². The molecule has 0 aromatic carbocycles. The van der Waals surface area contributed by atoms with E-state index in [4.69, 9.17) is 4.74 Å². The number of halogens is 2. The minimum Gasteiger partial charge on any atom is -0.464 e. The van der Waals surface area contributed by atoms with Gasteiger partial charge in [-0.05, 0) is 32.1 Å². The lowest BCUT2D eigenvalue weighted by molar-refractivity contribution is -0.148. The highest BCUT2D eigenvalue weighted by Crippen LogP contribution is 3.01. The van der Waals surface area contributed by atoms with Crippen molar-refractivity contribution in [1.82, 2.24) is 5.32 Å². The van der Waals surface area contributed by atoms with Crippen LogP contribution in [0.1, 0.15) is 26.2 Å². The molecule has 3 unspecified atom stereocenters. The van der Waals surface area contributed by atoms with Crippen LogP contribution in [0.3, 0.4) is 0 Å². The maximum Gasteiger partial charge on any atom is 0.407 e. The third-order valence-corrected chi connectivity index (χ3v) is 5.23. The Morgan fingerprint density at radius 2 is 1.95 bits per heavy atom. The molecule has 0 aliphatic heterocycles. The predicted molar refractivity (Wildman–Crippen MR) is 63.1 cm³/mol. The second-order valence-electron chi connectivity index (χ2n) is 5.95. The number of carbonyl (C=O) groups excluding carboxylic acids is 2. The summed E-state index contributed by atoms with van der Waals surface area (Å²) in [5.41, 5.74) is -1.82. The zero-order chi connectivity index (χ0) is 14.8. The van der Waals surface area contributed by atoms with Gasteiger partial charge in [0.05, 0.1) is 13.7 Å². The summed E-state index contributed by atoms with van der Waals surface area (Å²) in [5, 5.41) is 2.42. The Kier molecular flexibility index (Phi) is 2.60. The number of carbonyl (C=O) groups is 2. The number of hydrogen-bond acceptors (Lipinski definition) is 4. The van der Waals surface area contributed by atoms with Crippen LogP contribution in [0.25, 0.3) is 0 Å². The van der Waals surface area contributed by atoms with E-state index < -0.39 is 34.9 Å². The lowest BCUT2D eigenvalue weighted by atomic mass is 9.83. The van der Waals surface area contributed by atoms with Gasteiger partial charge >= 0.3 is 12.1 Å². The largest absolute Gasteiger partial charge is 0.464 e. The molecule has 3 aliphatic carbocycles. The van der Waals surface area contributed by atoms with Gasteiger partial charge in [-0.1, -0.05) is 0 Å². The molecule has 7 heteroatoms. The van der Waals surface area contributed by atoms with Crippen molar-refractivity contribution in [2.75, 3.05) is 13.7 Å². The molecule has 1 N–H and O–H groups in total. The second-order valence-corrected chi connectivity index (χ2v) is 5.95. The molecule has 20 heavy (non-hydrogen) atoms. The quantitative estimate of drug-likeness (QED) is 0.800. The Bertz CT molecular complexity index is 463. The highest BCUT2D eigenvalue weighted by Gasteiger charge is 3.05. The summed E-state index contributed by atoms with van der Waals surface area (Å²) in [6, 6.07) is -0.903. The summed E-state index contributed by atoms with van der Waals surface area (Å²) >= 11 is 0. The van der Waals surface area contributed by atoms with Gasteiger partial charge in [0.15, 0.2) is 0 Å². The van der Waals surface area contributed by atoms with Crippen molar-refractivity contribution >= 4 is 12.1 Å².